The maximum atomic E-state index is 4.51. The van der Waals surface area contributed by atoms with Crippen LogP contribution in [0, 0.1) is 0 Å². The summed E-state index contributed by atoms with van der Waals surface area (Å²) in [5, 5.41) is 6.52. The predicted octanol–water partition coefficient (Wildman–Crippen LogP) is 4.81. The molecule has 0 aliphatic heterocycles. The van der Waals surface area contributed by atoms with E-state index < -0.39 is 0 Å². The van der Waals surface area contributed by atoms with Gasteiger partial charge in [-0.05, 0) is 56.3 Å². The topological polar surface area (TPSA) is 53.1 Å². The highest BCUT2D eigenvalue weighted by molar-refractivity contribution is 5.61. The molecule has 0 saturated heterocycles. The molecule has 0 saturated carbocycles. The molecule has 0 fully saturated rings. The van der Waals surface area contributed by atoms with Gasteiger partial charge >= 0.3 is 0 Å². The first-order valence-corrected chi connectivity index (χ1v) is 8.55. The number of nitrogens with zero attached hydrogens (tertiary/aromatic N) is 3. The quantitative estimate of drug-likeness (QED) is 0.650. The van der Waals surface area contributed by atoms with Crippen LogP contribution in [-0.4, -0.2) is 23.1 Å². The Hall–Kier alpha value is -3.08. The van der Waals surface area contributed by atoms with Crippen LogP contribution in [-0.2, 0) is 0 Å². The van der Waals surface area contributed by atoms with Crippen LogP contribution in [0.4, 0.5) is 28.8 Å². The van der Waals surface area contributed by atoms with Crippen molar-refractivity contribution in [2.24, 2.45) is 0 Å². The Morgan fingerprint density at radius 1 is 0.800 bits per heavy atom. The Balaban J connectivity index is 1.69. The fourth-order valence-corrected chi connectivity index (χ4v) is 2.63. The molecule has 0 radical (unpaired) electrons. The van der Waals surface area contributed by atoms with E-state index in [9.17, 15) is 0 Å². The van der Waals surface area contributed by atoms with E-state index in [0.29, 0.717) is 5.95 Å². The van der Waals surface area contributed by atoms with Gasteiger partial charge in [0.15, 0.2) is 0 Å². The molecule has 25 heavy (non-hydrogen) atoms. The lowest BCUT2D eigenvalue weighted by molar-refractivity contribution is 0.866. The Morgan fingerprint density at radius 3 is 2.16 bits per heavy atom. The highest BCUT2D eigenvalue weighted by Gasteiger charge is 2.03. The Bertz CT molecular complexity index is 783. The molecule has 0 unspecified atom stereocenters. The number of para-hydroxylation sites is 1. The maximum absolute atomic E-state index is 4.51. The molecule has 0 bridgehead atoms. The molecule has 2 N–H and O–H groups in total. The summed E-state index contributed by atoms with van der Waals surface area (Å²) in [7, 11) is 0. The minimum Gasteiger partial charge on any atom is -0.372 e. The average Bonchev–Trinajstić information content (AvgIpc) is 2.65. The Morgan fingerprint density at radius 2 is 1.48 bits per heavy atom. The zero-order chi connectivity index (χ0) is 17.5. The summed E-state index contributed by atoms with van der Waals surface area (Å²) in [4.78, 5) is 11.1. The molecule has 0 aliphatic carbocycles. The van der Waals surface area contributed by atoms with Crippen molar-refractivity contribution in [3.63, 3.8) is 0 Å². The lowest BCUT2D eigenvalue weighted by atomic mass is 10.2. The third kappa shape index (κ3) is 4.47. The van der Waals surface area contributed by atoms with Crippen LogP contribution < -0.4 is 15.5 Å². The predicted molar refractivity (Wildman–Crippen MR) is 105 cm³/mol. The lowest BCUT2D eigenvalue weighted by Gasteiger charge is -2.21. The number of nitrogens with one attached hydrogen (secondary N) is 2. The van der Waals surface area contributed by atoms with Gasteiger partial charge in [0, 0.05) is 36.3 Å². The van der Waals surface area contributed by atoms with Crippen LogP contribution in [0.15, 0.2) is 66.9 Å². The van der Waals surface area contributed by atoms with Gasteiger partial charge in [-0.25, -0.2) is 4.98 Å². The summed E-state index contributed by atoms with van der Waals surface area (Å²) in [5.41, 5.74) is 3.18. The van der Waals surface area contributed by atoms with E-state index in [0.717, 1.165) is 30.3 Å². The van der Waals surface area contributed by atoms with Crippen molar-refractivity contribution in [2.75, 3.05) is 28.6 Å². The van der Waals surface area contributed by atoms with Gasteiger partial charge in [-0.15, -0.1) is 0 Å². The van der Waals surface area contributed by atoms with Crippen LogP contribution in [0.25, 0.3) is 0 Å². The second kappa shape index (κ2) is 8.15. The molecule has 128 valence electrons. The lowest BCUT2D eigenvalue weighted by Crippen LogP contribution is -2.21. The maximum Gasteiger partial charge on any atom is 0.229 e. The molecule has 0 amide bonds. The second-order valence-corrected chi connectivity index (χ2v) is 5.60. The molecule has 2 aromatic carbocycles. The summed E-state index contributed by atoms with van der Waals surface area (Å²) >= 11 is 0. The fourth-order valence-electron chi connectivity index (χ4n) is 2.63. The third-order valence-corrected chi connectivity index (χ3v) is 3.95. The smallest absolute Gasteiger partial charge is 0.229 e. The van der Waals surface area contributed by atoms with E-state index in [4.69, 9.17) is 0 Å². The summed E-state index contributed by atoms with van der Waals surface area (Å²) < 4.78 is 0. The molecule has 0 aliphatic rings. The molecular weight excluding hydrogens is 310 g/mol. The van der Waals surface area contributed by atoms with Gasteiger partial charge in [0.25, 0.3) is 0 Å². The molecule has 0 spiro atoms. The standard InChI is InChI=1S/C20H23N5/c1-3-25(4-2)18-12-10-17(11-13-18)23-20-21-15-14-19(24-20)22-16-8-6-5-7-9-16/h5-15H,3-4H2,1-2H3,(H2,21,22,23,24). The minimum atomic E-state index is 0.566. The number of hydrogen-bond donors (Lipinski definition) is 2. The number of benzene rings is 2. The highest BCUT2D eigenvalue weighted by atomic mass is 15.1. The number of hydrogen-bond acceptors (Lipinski definition) is 5. The van der Waals surface area contributed by atoms with Crippen molar-refractivity contribution >= 4 is 28.8 Å². The normalized spacial score (nSPS) is 10.3. The molecule has 1 aromatic heterocycles. The molecule has 3 rings (SSSR count). The summed E-state index contributed by atoms with van der Waals surface area (Å²) in [5.74, 6) is 1.32. The largest absolute Gasteiger partial charge is 0.372 e. The third-order valence-electron chi connectivity index (χ3n) is 3.95. The van der Waals surface area contributed by atoms with E-state index in [-0.39, 0.29) is 0 Å². The zero-order valence-corrected chi connectivity index (χ0v) is 14.6. The van der Waals surface area contributed by atoms with E-state index in [1.165, 1.54) is 5.69 Å². The van der Waals surface area contributed by atoms with Crippen LogP contribution in [0.5, 0.6) is 0 Å². The van der Waals surface area contributed by atoms with Crippen molar-refractivity contribution < 1.29 is 0 Å². The Kier molecular flexibility index (Phi) is 5.46. The van der Waals surface area contributed by atoms with Crippen LogP contribution in [0.2, 0.25) is 0 Å². The first-order valence-electron chi connectivity index (χ1n) is 8.55. The van der Waals surface area contributed by atoms with Crippen LogP contribution >= 0.6 is 0 Å². The van der Waals surface area contributed by atoms with Crippen molar-refractivity contribution in [1.82, 2.24) is 9.97 Å². The fraction of sp³-hybridized carbons (Fsp3) is 0.200. The number of rotatable bonds is 7. The molecule has 0 atom stereocenters. The van der Waals surface area contributed by atoms with Gasteiger partial charge in [-0.3, -0.25) is 0 Å². The van der Waals surface area contributed by atoms with Crippen LogP contribution in [0.1, 0.15) is 13.8 Å². The summed E-state index contributed by atoms with van der Waals surface area (Å²) in [6.45, 7) is 6.32. The van der Waals surface area contributed by atoms with Gasteiger partial charge in [0.1, 0.15) is 5.82 Å². The van der Waals surface area contributed by atoms with Gasteiger partial charge in [-0.2, -0.15) is 4.98 Å². The number of aromatic nitrogens is 2. The van der Waals surface area contributed by atoms with Gasteiger partial charge in [-0.1, -0.05) is 18.2 Å². The monoisotopic (exact) mass is 333 g/mol. The first kappa shape index (κ1) is 16.8. The first-order chi connectivity index (χ1) is 12.3. The Labute approximate surface area is 148 Å². The van der Waals surface area contributed by atoms with E-state index in [2.05, 4.69) is 51.5 Å². The molecule has 5 nitrogen and oxygen atoms in total. The van der Waals surface area contributed by atoms with Crippen molar-refractivity contribution in [3.05, 3.63) is 66.9 Å². The van der Waals surface area contributed by atoms with E-state index in [1.807, 2.05) is 48.5 Å². The zero-order valence-electron chi connectivity index (χ0n) is 14.6. The number of anilines is 5. The van der Waals surface area contributed by atoms with Crippen molar-refractivity contribution in [2.45, 2.75) is 13.8 Å². The molecular formula is C20H23N5. The highest BCUT2D eigenvalue weighted by Crippen LogP contribution is 2.21. The van der Waals surface area contributed by atoms with Gasteiger partial charge < -0.3 is 15.5 Å². The van der Waals surface area contributed by atoms with Crippen LogP contribution in [0.3, 0.4) is 0 Å². The minimum absolute atomic E-state index is 0.566. The van der Waals surface area contributed by atoms with Crippen molar-refractivity contribution in [1.29, 1.82) is 0 Å². The van der Waals surface area contributed by atoms with Gasteiger partial charge in [0.2, 0.25) is 5.95 Å². The van der Waals surface area contributed by atoms with E-state index >= 15 is 0 Å². The second-order valence-electron chi connectivity index (χ2n) is 5.60. The summed E-state index contributed by atoms with van der Waals surface area (Å²) in [6, 6.07) is 20.1. The molecule has 1 heterocycles. The molecule has 5 heteroatoms. The SMILES string of the molecule is CCN(CC)c1ccc(Nc2nccc(Nc3ccccc3)n2)cc1. The molecule has 3 aromatic rings. The van der Waals surface area contributed by atoms with Crippen molar-refractivity contribution in [3.8, 4) is 0 Å². The van der Waals surface area contributed by atoms with E-state index in [1.54, 1.807) is 6.20 Å². The van der Waals surface area contributed by atoms with Gasteiger partial charge in [0.05, 0.1) is 0 Å². The average molecular weight is 333 g/mol. The summed E-state index contributed by atoms with van der Waals surface area (Å²) in [6.07, 6.45) is 1.74.